The Morgan fingerprint density at radius 1 is 1.33 bits per heavy atom. The Bertz CT molecular complexity index is 535. The largest absolute Gasteiger partial charge is 0.478 e. The third-order valence-corrected chi connectivity index (χ3v) is 3.69. The Morgan fingerprint density at radius 2 is 2.17 bits per heavy atom. The molecule has 0 bridgehead atoms. The first-order valence-electron chi connectivity index (χ1n) is 5.77. The van der Waals surface area contributed by atoms with E-state index in [1.165, 1.54) is 4.88 Å². The fourth-order valence-corrected chi connectivity index (χ4v) is 2.56. The van der Waals surface area contributed by atoms with E-state index in [-0.39, 0.29) is 0 Å². The van der Waals surface area contributed by atoms with Gasteiger partial charge in [-0.05, 0) is 36.4 Å². The number of para-hydroxylation sites is 1. The SMILES string of the molecule is Cc1cccc(C(=O)O)c1NCCc1cccs1. The molecule has 3 nitrogen and oxygen atoms in total. The van der Waals surface area contributed by atoms with Crippen molar-refractivity contribution < 1.29 is 9.90 Å². The van der Waals surface area contributed by atoms with Crippen LogP contribution in [0.2, 0.25) is 0 Å². The van der Waals surface area contributed by atoms with Gasteiger partial charge in [-0.25, -0.2) is 4.79 Å². The lowest BCUT2D eigenvalue weighted by Gasteiger charge is -2.12. The van der Waals surface area contributed by atoms with Crippen molar-refractivity contribution in [3.05, 3.63) is 51.7 Å². The van der Waals surface area contributed by atoms with Crippen LogP contribution >= 0.6 is 11.3 Å². The number of rotatable bonds is 5. The quantitative estimate of drug-likeness (QED) is 0.867. The van der Waals surface area contributed by atoms with Crippen LogP contribution in [-0.2, 0) is 6.42 Å². The van der Waals surface area contributed by atoms with Crippen LogP contribution in [0.3, 0.4) is 0 Å². The van der Waals surface area contributed by atoms with E-state index in [9.17, 15) is 4.79 Å². The number of carbonyl (C=O) groups is 1. The average Bonchev–Trinajstić information content (AvgIpc) is 2.84. The van der Waals surface area contributed by atoms with Gasteiger partial charge in [-0.15, -0.1) is 11.3 Å². The van der Waals surface area contributed by atoms with Gasteiger partial charge in [-0.3, -0.25) is 0 Å². The average molecular weight is 261 g/mol. The first kappa shape index (κ1) is 12.6. The Morgan fingerprint density at radius 3 is 2.83 bits per heavy atom. The van der Waals surface area contributed by atoms with E-state index in [0.717, 1.165) is 24.2 Å². The Labute approximate surface area is 110 Å². The molecule has 2 N–H and O–H groups in total. The summed E-state index contributed by atoms with van der Waals surface area (Å²) >= 11 is 1.72. The number of aryl methyl sites for hydroxylation is 1. The molecule has 94 valence electrons. The Kier molecular flexibility index (Phi) is 3.99. The van der Waals surface area contributed by atoms with Gasteiger partial charge in [0, 0.05) is 11.4 Å². The number of carboxylic acids is 1. The number of thiophene rings is 1. The second-order valence-electron chi connectivity index (χ2n) is 4.06. The molecule has 0 saturated heterocycles. The Hall–Kier alpha value is -1.81. The van der Waals surface area contributed by atoms with E-state index in [1.54, 1.807) is 23.5 Å². The predicted molar refractivity (Wildman–Crippen MR) is 74.7 cm³/mol. The summed E-state index contributed by atoms with van der Waals surface area (Å²) in [6.07, 6.45) is 0.908. The molecule has 0 aliphatic heterocycles. The highest BCUT2D eigenvalue weighted by atomic mass is 32.1. The van der Waals surface area contributed by atoms with Crippen LogP contribution in [0.15, 0.2) is 35.7 Å². The minimum absolute atomic E-state index is 0.334. The number of hydrogen-bond donors (Lipinski definition) is 2. The highest BCUT2D eigenvalue weighted by Gasteiger charge is 2.11. The smallest absolute Gasteiger partial charge is 0.337 e. The molecule has 1 aromatic carbocycles. The molecule has 0 unspecified atom stereocenters. The van der Waals surface area contributed by atoms with Crippen LogP contribution in [0, 0.1) is 6.92 Å². The molecular formula is C14H15NO2S. The molecule has 18 heavy (non-hydrogen) atoms. The summed E-state index contributed by atoms with van der Waals surface area (Å²) in [5, 5.41) is 14.4. The molecule has 4 heteroatoms. The fourth-order valence-electron chi connectivity index (χ4n) is 1.85. The molecule has 2 rings (SSSR count). The van der Waals surface area contributed by atoms with Crippen LogP contribution in [-0.4, -0.2) is 17.6 Å². The van der Waals surface area contributed by atoms with Crippen molar-refractivity contribution in [1.29, 1.82) is 0 Å². The highest BCUT2D eigenvalue weighted by Crippen LogP contribution is 2.20. The number of benzene rings is 1. The zero-order chi connectivity index (χ0) is 13.0. The standard InChI is InChI=1S/C14H15NO2S/c1-10-4-2-6-12(14(16)17)13(10)15-8-7-11-5-3-9-18-11/h2-6,9,15H,7-8H2,1H3,(H,16,17). The van der Waals surface area contributed by atoms with E-state index < -0.39 is 5.97 Å². The monoisotopic (exact) mass is 261 g/mol. The van der Waals surface area contributed by atoms with E-state index >= 15 is 0 Å². The van der Waals surface area contributed by atoms with Gasteiger partial charge in [0.1, 0.15) is 0 Å². The molecule has 0 aliphatic rings. The third-order valence-electron chi connectivity index (χ3n) is 2.76. The van der Waals surface area contributed by atoms with E-state index in [0.29, 0.717) is 5.56 Å². The van der Waals surface area contributed by atoms with Crippen LogP contribution < -0.4 is 5.32 Å². The topological polar surface area (TPSA) is 49.3 Å². The first-order chi connectivity index (χ1) is 8.68. The number of hydrogen-bond acceptors (Lipinski definition) is 3. The zero-order valence-electron chi connectivity index (χ0n) is 10.1. The molecule has 1 heterocycles. The van der Waals surface area contributed by atoms with Crippen molar-refractivity contribution >= 4 is 23.0 Å². The summed E-state index contributed by atoms with van der Waals surface area (Å²) in [6.45, 7) is 2.66. The van der Waals surface area contributed by atoms with Crippen molar-refractivity contribution in [2.45, 2.75) is 13.3 Å². The lowest BCUT2D eigenvalue weighted by Crippen LogP contribution is -2.10. The molecule has 0 radical (unpaired) electrons. The summed E-state index contributed by atoms with van der Waals surface area (Å²) in [4.78, 5) is 12.4. The van der Waals surface area contributed by atoms with Crippen molar-refractivity contribution in [3.63, 3.8) is 0 Å². The molecule has 1 aromatic heterocycles. The number of aromatic carboxylic acids is 1. The van der Waals surface area contributed by atoms with Gasteiger partial charge >= 0.3 is 5.97 Å². The lowest BCUT2D eigenvalue weighted by atomic mass is 10.1. The van der Waals surface area contributed by atoms with Crippen molar-refractivity contribution in [3.8, 4) is 0 Å². The van der Waals surface area contributed by atoms with Crippen LogP contribution in [0.1, 0.15) is 20.8 Å². The summed E-state index contributed by atoms with van der Waals surface area (Å²) in [5.41, 5.74) is 2.02. The highest BCUT2D eigenvalue weighted by molar-refractivity contribution is 7.09. The van der Waals surface area contributed by atoms with Gasteiger partial charge in [-0.2, -0.15) is 0 Å². The number of carboxylic acid groups (broad SMARTS) is 1. The molecule has 0 spiro atoms. The zero-order valence-corrected chi connectivity index (χ0v) is 11.0. The molecule has 2 aromatic rings. The Balaban J connectivity index is 2.06. The van der Waals surface area contributed by atoms with Crippen molar-refractivity contribution in [2.75, 3.05) is 11.9 Å². The maximum atomic E-state index is 11.1. The number of nitrogens with one attached hydrogen (secondary N) is 1. The van der Waals surface area contributed by atoms with Gasteiger partial charge in [0.05, 0.1) is 11.3 Å². The van der Waals surface area contributed by atoms with Crippen LogP contribution in [0.5, 0.6) is 0 Å². The molecule has 0 amide bonds. The van der Waals surface area contributed by atoms with Gasteiger partial charge < -0.3 is 10.4 Å². The van der Waals surface area contributed by atoms with Gasteiger partial charge in [0.15, 0.2) is 0 Å². The van der Waals surface area contributed by atoms with Gasteiger partial charge in [0.25, 0.3) is 0 Å². The second-order valence-corrected chi connectivity index (χ2v) is 5.09. The van der Waals surface area contributed by atoms with Gasteiger partial charge in [-0.1, -0.05) is 18.2 Å². The molecule has 0 saturated carbocycles. The summed E-state index contributed by atoms with van der Waals surface area (Å²) in [5.74, 6) is -0.891. The van der Waals surface area contributed by atoms with Crippen molar-refractivity contribution in [1.82, 2.24) is 0 Å². The minimum atomic E-state index is -0.891. The lowest BCUT2D eigenvalue weighted by molar-refractivity contribution is 0.0698. The third kappa shape index (κ3) is 2.90. The molecular weight excluding hydrogens is 246 g/mol. The van der Waals surface area contributed by atoms with Crippen molar-refractivity contribution in [2.24, 2.45) is 0 Å². The molecule has 0 atom stereocenters. The van der Waals surface area contributed by atoms with Gasteiger partial charge in [0.2, 0.25) is 0 Å². The predicted octanol–water partition coefficient (Wildman–Crippen LogP) is 3.41. The summed E-state index contributed by atoms with van der Waals surface area (Å²) in [6, 6.07) is 9.42. The first-order valence-corrected chi connectivity index (χ1v) is 6.65. The fraction of sp³-hybridized carbons (Fsp3) is 0.214. The van der Waals surface area contributed by atoms with E-state index in [1.807, 2.05) is 24.4 Å². The summed E-state index contributed by atoms with van der Waals surface area (Å²) in [7, 11) is 0. The van der Waals surface area contributed by atoms with Crippen LogP contribution in [0.4, 0.5) is 5.69 Å². The maximum absolute atomic E-state index is 11.1. The molecule has 0 aliphatic carbocycles. The maximum Gasteiger partial charge on any atom is 0.337 e. The normalized spacial score (nSPS) is 10.3. The van der Waals surface area contributed by atoms with E-state index in [2.05, 4.69) is 11.4 Å². The van der Waals surface area contributed by atoms with Crippen LogP contribution in [0.25, 0.3) is 0 Å². The second kappa shape index (κ2) is 5.69. The minimum Gasteiger partial charge on any atom is -0.478 e. The number of anilines is 1. The molecule has 0 fully saturated rings. The van der Waals surface area contributed by atoms with E-state index in [4.69, 9.17) is 5.11 Å². The summed E-state index contributed by atoms with van der Waals surface area (Å²) < 4.78 is 0.